The summed E-state index contributed by atoms with van der Waals surface area (Å²) in [6.07, 6.45) is -0.0324. The number of hydrazine groups is 1. The van der Waals surface area contributed by atoms with Gasteiger partial charge in [0, 0.05) is 26.1 Å². The van der Waals surface area contributed by atoms with Gasteiger partial charge in [-0.1, -0.05) is 18.2 Å². The Balaban J connectivity index is 2.28. The highest BCUT2D eigenvalue weighted by atomic mass is 32.2. The average molecular weight is 374 g/mol. The van der Waals surface area contributed by atoms with E-state index in [2.05, 4.69) is 20.9 Å². The first-order valence-electron chi connectivity index (χ1n) is 7.24. The van der Waals surface area contributed by atoms with E-state index in [1.807, 2.05) is 6.92 Å². The average Bonchev–Trinajstić information content (AvgIpc) is 2.54. The van der Waals surface area contributed by atoms with E-state index >= 15 is 0 Å². The number of amides is 1. The Kier molecular flexibility index (Phi) is 8.61. The standard InChI is InChI=1S/C14H22N4O4S2/c1-11(10-22-2)16-14(23)18-17-13(19)8-9-15-24(20,21)12-6-4-3-5-7-12/h3-7,11,15H,8-10H2,1-2H3,(H,17,19)(H2,16,18,23)/t11-/m0/s1. The second-order valence-corrected chi connectivity index (χ2v) is 7.14. The number of hydrogen-bond acceptors (Lipinski definition) is 5. The number of ether oxygens (including phenoxy) is 1. The van der Waals surface area contributed by atoms with Crippen LogP contribution in [0.25, 0.3) is 0 Å². The van der Waals surface area contributed by atoms with Gasteiger partial charge in [-0.25, -0.2) is 13.1 Å². The Hall–Kier alpha value is -1.75. The van der Waals surface area contributed by atoms with E-state index in [4.69, 9.17) is 17.0 Å². The van der Waals surface area contributed by atoms with Gasteiger partial charge in [0.25, 0.3) is 0 Å². The van der Waals surface area contributed by atoms with Crippen molar-refractivity contribution in [2.24, 2.45) is 0 Å². The Morgan fingerprint density at radius 1 is 1.25 bits per heavy atom. The molecule has 0 radical (unpaired) electrons. The van der Waals surface area contributed by atoms with Gasteiger partial charge in [0.2, 0.25) is 15.9 Å². The summed E-state index contributed by atoms with van der Waals surface area (Å²) in [4.78, 5) is 11.8. The van der Waals surface area contributed by atoms with Crippen LogP contribution in [0.5, 0.6) is 0 Å². The minimum Gasteiger partial charge on any atom is -0.383 e. The molecule has 4 N–H and O–H groups in total. The highest BCUT2D eigenvalue weighted by Crippen LogP contribution is 2.06. The van der Waals surface area contributed by atoms with Gasteiger partial charge in [-0.15, -0.1) is 0 Å². The lowest BCUT2D eigenvalue weighted by molar-refractivity contribution is -0.121. The van der Waals surface area contributed by atoms with Crippen molar-refractivity contribution in [1.29, 1.82) is 0 Å². The number of methoxy groups -OCH3 is 1. The van der Waals surface area contributed by atoms with Crippen molar-refractivity contribution in [2.75, 3.05) is 20.3 Å². The van der Waals surface area contributed by atoms with Crippen LogP contribution in [-0.2, 0) is 19.6 Å². The Morgan fingerprint density at radius 2 is 1.92 bits per heavy atom. The van der Waals surface area contributed by atoms with Crippen molar-refractivity contribution in [3.8, 4) is 0 Å². The number of rotatable bonds is 8. The summed E-state index contributed by atoms with van der Waals surface area (Å²) in [6.45, 7) is 2.32. The summed E-state index contributed by atoms with van der Waals surface area (Å²) in [5.41, 5.74) is 4.93. The molecule has 8 nitrogen and oxygen atoms in total. The fraction of sp³-hybridized carbons (Fsp3) is 0.429. The van der Waals surface area contributed by atoms with E-state index in [1.54, 1.807) is 25.3 Å². The number of nitrogens with one attached hydrogen (secondary N) is 4. The van der Waals surface area contributed by atoms with E-state index in [1.165, 1.54) is 12.1 Å². The molecule has 24 heavy (non-hydrogen) atoms. The fourth-order valence-corrected chi connectivity index (χ4v) is 3.03. The summed E-state index contributed by atoms with van der Waals surface area (Å²) >= 11 is 4.99. The molecule has 0 saturated heterocycles. The van der Waals surface area contributed by atoms with Crippen molar-refractivity contribution in [3.63, 3.8) is 0 Å². The zero-order valence-corrected chi connectivity index (χ0v) is 15.2. The molecule has 0 spiro atoms. The monoisotopic (exact) mass is 374 g/mol. The molecular weight excluding hydrogens is 352 g/mol. The molecule has 134 valence electrons. The fourth-order valence-electron chi connectivity index (χ4n) is 1.72. The van der Waals surface area contributed by atoms with Crippen LogP contribution in [0.15, 0.2) is 35.2 Å². The lowest BCUT2D eigenvalue weighted by atomic mass is 10.4. The zero-order chi connectivity index (χ0) is 18.0. The van der Waals surface area contributed by atoms with E-state index in [9.17, 15) is 13.2 Å². The molecule has 0 fully saturated rings. The highest BCUT2D eigenvalue weighted by molar-refractivity contribution is 7.89. The number of thiocarbonyl (C=S) groups is 1. The number of benzene rings is 1. The van der Waals surface area contributed by atoms with E-state index in [0.29, 0.717) is 6.61 Å². The van der Waals surface area contributed by atoms with Gasteiger partial charge in [-0.05, 0) is 31.3 Å². The first-order chi connectivity index (χ1) is 11.3. The molecule has 10 heteroatoms. The molecular formula is C14H22N4O4S2. The van der Waals surface area contributed by atoms with Crippen LogP contribution in [0.2, 0.25) is 0 Å². The maximum atomic E-state index is 12.0. The van der Waals surface area contributed by atoms with Gasteiger partial charge in [0.1, 0.15) is 0 Å². The number of sulfonamides is 1. The van der Waals surface area contributed by atoms with Gasteiger partial charge < -0.3 is 10.1 Å². The third-order valence-electron chi connectivity index (χ3n) is 2.81. The van der Waals surface area contributed by atoms with Gasteiger partial charge >= 0.3 is 0 Å². The molecule has 1 aromatic rings. The SMILES string of the molecule is COC[C@H](C)NC(=S)NNC(=O)CCNS(=O)(=O)c1ccccc1. The Morgan fingerprint density at radius 3 is 2.54 bits per heavy atom. The smallest absolute Gasteiger partial charge is 0.240 e. The van der Waals surface area contributed by atoms with Gasteiger partial charge in [0.15, 0.2) is 5.11 Å². The number of carbonyl (C=O) groups excluding carboxylic acids is 1. The van der Waals surface area contributed by atoms with Crippen LogP contribution in [0.4, 0.5) is 0 Å². The van der Waals surface area contributed by atoms with Crippen LogP contribution >= 0.6 is 12.2 Å². The third-order valence-corrected chi connectivity index (χ3v) is 4.50. The van der Waals surface area contributed by atoms with Crippen LogP contribution < -0.4 is 20.9 Å². The molecule has 0 aliphatic rings. The minimum absolute atomic E-state index is 0.00964. The quantitative estimate of drug-likeness (QED) is 0.371. The van der Waals surface area contributed by atoms with Crippen molar-refractivity contribution >= 4 is 33.3 Å². The molecule has 1 rings (SSSR count). The van der Waals surface area contributed by atoms with Crippen LogP contribution in [0.3, 0.4) is 0 Å². The van der Waals surface area contributed by atoms with E-state index in [0.717, 1.165) is 0 Å². The normalized spacial score (nSPS) is 12.2. The molecule has 0 aromatic heterocycles. The molecule has 0 unspecified atom stereocenters. The number of hydrogen-bond donors (Lipinski definition) is 4. The molecule has 0 aliphatic carbocycles. The summed E-state index contributed by atoms with van der Waals surface area (Å²) < 4.78 is 31.2. The molecule has 0 saturated carbocycles. The van der Waals surface area contributed by atoms with Crippen molar-refractivity contribution < 1.29 is 17.9 Å². The molecule has 0 bridgehead atoms. The predicted molar refractivity (Wildman–Crippen MR) is 94.6 cm³/mol. The van der Waals surface area contributed by atoms with E-state index < -0.39 is 15.9 Å². The van der Waals surface area contributed by atoms with Crippen molar-refractivity contribution in [3.05, 3.63) is 30.3 Å². The van der Waals surface area contributed by atoms with Gasteiger partial charge in [-0.3, -0.25) is 15.6 Å². The van der Waals surface area contributed by atoms with Crippen molar-refractivity contribution in [2.45, 2.75) is 24.3 Å². The van der Waals surface area contributed by atoms with Gasteiger partial charge in [-0.2, -0.15) is 0 Å². The Bertz CT molecular complexity index is 637. The lowest BCUT2D eigenvalue weighted by Gasteiger charge is -2.16. The number of carbonyl (C=O) groups is 1. The molecule has 1 amide bonds. The molecule has 1 atom stereocenters. The second kappa shape index (κ2) is 10.2. The highest BCUT2D eigenvalue weighted by Gasteiger charge is 2.13. The first-order valence-corrected chi connectivity index (χ1v) is 9.13. The molecule has 1 aromatic carbocycles. The minimum atomic E-state index is -3.61. The second-order valence-electron chi connectivity index (χ2n) is 4.96. The summed E-state index contributed by atoms with van der Waals surface area (Å²) in [5, 5.41) is 3.16. The summed E-state index contributed by atoms with van der Waals surface area (Å²) in [6, 6.07) is 7.94. The summed E-state index contributed by atoms with van der Waals surface area (Å²) in [7, 11) is -2.04. The maximum Gasteiger partial charge on any atom is 0.240 e. The lowest BCUT2D eigenvalue weighted by Crippen LogP contribution is -2.50. The van der Waals surface area contributed by atoms with Crippen molar-refractivity contribution in [1.82, 2.24) is 20.9 Å². The third kappa shape index (κ3) is 7.68. The molecule has 0 heterocycles. The molecule has 0 aliphatic heterocycles. The van der Waals surface area contributed by atoms with Crippen LogP contribution in [0.1, 0.15) is 13.3 Å². The predicted octanol–water partition coefficient (Wildman–Crippen LogP) is -0.115. The Labute approximate surface area is 147 Å². The van der Waals surface area contributed by atoms with E-state index in [-0.39, 0.29) is 29.0 Å². The zero-order valence-electron chi connectivity index (χ0n) is 13.5. The van der Waals surface area contributed by atoms with Crippen LogP contribution in [-0.4, -0.2) is 45.7 Å². The first kappa shape index (κ1) is 20.3. The maximum absolute atomic E-state index is 12.0. The van der Waals surface area contributed by atoms with Crippen LogP contribution in [0, 0.1) is 0 Å². The summed E-state index contributed by atoms with van der Waals surface area (Å²) in [5.74, 6) is -0.394. The largest absolute Gasteiger partial charge is 0.383 e. The van der Waals surface area contributed by atoms with Gasteiger partial charge in [0.05, 0.1) is 11.5 Å². The topological polar surface area (TPSA) is 109 Å².